The zero-order valence-electron chi connectivity index (χ0n) is 24.8. The molecular formula is C30H29Cl3FN7O3S. The summed E-state index contributed by atoms with van der Waals surface area (Å²) in [5.74, 6) is -1.04. The summed E-state index contributed by atoms with van der Waals surface area (Å²) in [4.78, 5) is 44.1. The molecule has 0 radical (unpaired) electrons. The van der Waals surface area contributed by atoms with Gasteiger partial charge in [0.05, 0.1) is 64.5 Å². The van der Waals surface area contributed by atoms with Crippen molar-refractivity contribution in [2.24, 2.45) is 0 Å². The predicted octanol–water partition coefficient (Wildman–Crippen LogP) is 5.61. The number of pyridine rings is 2. The fourth-order valence-electron chi connectivity index (χ4n) is 5.47. The Kier molecular flexibility index (Phi) is 9.23. The lowest BCUT2D eigenvalue weighted by atomic mass is 10.1. The van der Waals surface area contributed by atoms with Crippen LogP contribution in [0.3, 0.4) is 0 Å². The topological polar surface area (TPSA) is 127 Å². The van der Waals surface area contributed by atoms with Crippen molar-refractivity contribution in [3.05, 3.63) is 74.1 Å². The normalized spacial score (nSPS) is 16.0. The molecule has 10 nitrogen and oxygen atoms in total. The number of aromatic nitrogens is 4. The number of benzene rings is 1. The van der Waals surface area contributed by atoms with Crippen LogP contribution in [-0.4, -0.2) is 66.5 Å². The number of carbonyl (C=O) groups is 1. The van der Waals surface area contributed by atoms with E-state index in [1.54, 1.807) is 11.0 Å². The van der Waals surface area contributed by atoms with Crippen molar-refractivity contribution in [3.63, 3.8) is 0 Å². The van der Waals surface area contributed by atoms with Crippen LogP contribution in [0.4, 0.5) is 15.9 Å². The van der Waals surface area contributed by atoms with Crippen molar-refractivity contribution >= 4 is 74.0 Å². The monoisotopic (exact) mass is 691 g/mol. The molecule has 0 spiro atoms. The van der Waals surface area contributed by atoms with E-state index in [9.17, 15) is 13.8 Å². The van der Waals surface area contributed by atoms with E-state index < -0.39 is 22.3 Å². The molecule has 1 aliphatic rings. The zero-order chi connectivity index (χ0) is 32.9. The van der Waals surface area contributed by atoms with Gasteiger partial charge in [0.2, 0.25) is 5.91 Å². The van der Waals surface area contributed by atoms with E-state index in [1.165, 1.54) is 35.2 Å². The average molecular weight is 693 g/mol. The number of hydrogen-bond acceptors (Lipinski definition) is 8. The van der Waals surface area contributed by atoms with Crippen LogP contribution in [0, 0.1) is 5.82 Å². The summed E-state index contributed by atoms with van der Waals surface area (Å²) >= 11 is 19.2. The Balaban J connectivity index is 1.90. The van der Waals surface area contributed by atoms with Crippen LogP contribution < -0.4 is 16.3 Å². The van der Waals surface area contributed by atoms with Gasteiger partial charge in [0.25, 0.3) is 0 Å². The van der Waals surface area contributed by atoms with Gasteiger partial charge in [0.1, 0.15) is 5.82 Å². The molecule has 15 heteroatoms. The van der Waals surface area contributed by atoms with E-state index in [0.717, 1.165) is 0 Å². The summed E-state index contributed by atoms with van der Waals surface area (Å²) in [6.07, 6.45) is 4.27. The summed E-state index contributed by atoms with van der Waals surface area (Å²) in [7, 11) is -1.56. The highest BCUT2D eigenvalue weighted by Gasteiger charge is 2.31. The molecule has 2 N–H and O–H groups in total. The largest absolute Gasteiger partial charge is 0.397 e. The summed E-state index contributed by atoms with van der Waals surface area (Å²) in [6, 6.07) is 3.99. The van der Waals surface area contributed by atoms with E-state index in [2.05, 4.69) is 16.5 Å². The molecule has 1 saturated heterocycles. The summed E-state index contributed by atoms with van der Waals surface area (Å²) < 4.78 is 29.8. The molecule has 4 aromatic rings. The van der Waals surface area contributed by atoms with Crippen LogP contribution in [0.1, 0.15) is 32.4 Å². The van der Waals surface area contributed by atoms with E-state index in [1.807, 2.05) is 25.7 Å². The van der Waals surface area contributed by atoms with Crippen LogP contribution >= 0.6 is 34.8 Å². The van der Waals surface area contributed by atoms with Gasteiger partial charge in [-0.05, 0) is 37.1 Å². The fourth-order valence-corrected chi connectivity index (χ4v) is 6.90. The number of amides is 1. The quantitative estimate of drug-likeness (QED) is 0.157. The SMILES string of the molecule is C=CC(=O)N1CCN(c2nc(=O)n(-c3c(S(C)=O)ccnc3C(C)C)c3nc(-c4c(N)c(Cl)cc(Cl)c4F)c(Cl)cc23)[C@@H](C)C1. The number of fused-ring (bicyclic) bond motifs is 1. The Morgan fingerprint density at radius 3 is 2.51 bits per heavy atom. The summed E-state index contributed by atoms with van der Waals surface area (Å²) in [5.41, 5.74) is 5.73. The number of nitrogen functional groups attached to an aromatic ring is 1. The lowest BCUT2D eigenvalue weighted by Gasteiger charge is -2.40. The molecule has 4 heterocycles. The molecule has 1 aliphatic heterocycles. The van der Waals surface area contributed by atoms with Gasteiger partial charge in [0.15, 0.2) is 11.5 Å². The van der Waals surface area contributed by atoms with Crippen LogP contribution in [-0.2, 0) is 15.6 Å². The average Bonchev–Trinajstić information content (AvgIpc) is 2.99. The predicted molar refractivity (Wildman–Crippen MR) is 178 cm³/mol. The molecule has 0 saturated carbocycles. The van der Waals surface area contributed by atoms with Crippen molar-refractivity contribution in [2.75, 3.05) is 36.5 Å². The molecule has 1 fully saturated rings. The van der Waals surface area contributed by atoms with Gasteiger partial charge in [-0.25, -0.2) is 18.7 Å². The standard InChI is InChI=1S/C30H29Cl3FN7O3S/c1-6-21(42)39-9-10-40(15(4)13-39)28-16-11-19(33)26(22-23(34)17(31)12-18(32)24(22)35)37-29(16)41(30(43)38-28)27-20(45(5)44)7-8-36-25(27)14(2)3/h6-8,11-12,14-15H,1,9-10,13,35H2,2-5H3/t15-,45?/m0/s1. The lowest BCUT2D eigenvalue weighted by molar-refractivity contribution is -0.126. The van der Waals surface area contributed by atoms with E-state index in [4.69, 9.17) is 45.5 Å². The Labute approximate surface area is 276 Å². The maximum atomic E-state index is 15.6. The van der Waals surface area contributed by atoms with E-state index in [-0.39, 0.29) is 67.0 Å². The second-order valence-electron chi connectivity index (χ2n) is 10.9. The molecule has 0 aliphatic carbocycles. The molecule has 236 valence electrons. The number of carbonyl (C=O) groups excluding carboxylic acids is 1. The number of hydrogen-bond donors (Lipinski definition) is 1. The van der Waals surface area contributed by atoms with E-state index >= 15 is 4.39 Å². The smallest absolute Gasteiger partial charge is 0.355 e. The number of halogens is 4. The van der Waals surface area contributed by atoms with Crippen molar-refractivity contribution in [3.8, 4) is 16.9 Å². The van der Waals surface area contributed by atoms with Gasteiger partial charge in [-0.2, -0.15) is 4.98 Å². The van der Waals surface area contributed by atoms with Gasteiger partial charge < -0.3 is 15.5 Å². The molecule has 5 rings (SSSR count). The highest BCUT2D eigenvalue weighted by Crippen LogP contribution is 2.42. The minimum absolute atomic E-state index is 0.0117. The van der Waals surface area contributed by atoms with E-state index in [0.29, 0.717) is 35.6 Å². The first-order valence-corrected chi connectivity index (χ1v) is 16.5. The first-order chi connectivity index (χ1) is 21.3. The molecule has 2 atom stereocenters. The van der Waals surface area contributed by atoms with Crippen LogP contribution in [0.2, 0.25) is 15.1 Å². The van der Waals surface area contributed by atoms with Gasteiger partial charge >= 0.3 is 5.69 Å². The van der Waals surface area contributed by atoms with Crippen molar-refractivity contribution in [1.82, 2.24) is 24.4 Å². The van der Waals surface area contributed by atoms with Crippen molar-refractivity contribution in [1.29, 1.82) is 0 Å². The molecule has 1 aromatic carbocycles. The van der Waals surface area contributed by atoms with Crippen LogP contribution in [0.25, 0.3) is 28.0 Å². The molecule has 3 aromatic heterocycles. The van der Waals surface area contributed by atoms with Gasteiger partial charge in [-0.15, -0.1) is 0 Å². The third-order valence-corrected chi connectivity index (χ3v) is 9.45. The first kappa shape index (κ1) is 32.8. The maximum absolute atomic E-state index is 15.6. The number of anilines is 2. The molecular weight excluding hydrogens is 664 g/mol. The van der Waals surface area contributed by atoms with Gasteiger partial charge in [0, 0.05) is 38.1 Å². The maximum Gasteiger partial charge on any atom is 0.355 e. The van der Waals surface area contributed by atoms with Crippen molar-refractivity contribution < 1.29 is 13.4 Å². The Morgan fingerprint density at radius 1 is 1.18 bits per heavy atom. The first-order valence-electron chi connectivity index (χ1n) is 13.8. The molecule has 0 bridgehead atoms. The molecule has 1 amide bonds. The second kappa shape index (κ2) is 12.7. The minimum atomic E-state index is -1.56. The molecule has 1 unspecified atom stereocenters. The summed E-state index contributed by atoms with van der Waals surface area (Å²) in [5, 5.41) is 0.0225. The Bertz CT molecular complexity index is 1940. The highest BCUT2D eigenvalue weighted by molar-refractivity contribution is 7.84. The minimum Gasteiger partial charge on any atom is -0.397 e. The highest BCUT2D eigenvalue weighted by atomic mass is 35.5. The van der Waals surface area contributed by atoms with Crippen molar-refractivity contribution in [2.45, 2.75) is 37.6 Å². The van der Waals surface area contributed by atoms with Gasteiger partial charge in [-0.1, -0.05) is 55.2 Å². The number of piperazine rings is 1. The number of nitrogens with two attached hydrogens (primary N) is 1. The third-order valence-electron chi connectivity index (χ3n) is 7.63. The molecule has 45 heavy (non-hydrogen) atoms. The third kappa shape index (κ3) is 5.80. The number of rotatable bonds is 6. The Morgan fingerprint density at radius 2 is 1.89 bits per heavy atom. The van der Waals surface area contributed by atoms with Gasteiger partial charge in [-0.3, -0.25) is 14.0 Å². The Hall–Kier alpha value is -3.58. The second-order valence-corrected chi connectivity index (χ2v) is 13.4. The number of nitrogens with zero attached hydrogens (tertiary/aromatic N) is 6. The zero-order valence-corrected chi connectivity index (χ0v) is 27.9. The summed E-state index contributed by atoms with van der Waals surface area (Å²) in [6.45, 7) is 10.3. The lowest BCUT2D eigenvalue weighted by Crippen LogP contribution is -2.54. The van der Waals surface area contributed by atoms with Crippen LogP contribution in [0.5, 0.6) is 0 Å². The van der Waals surface area contributed by atoms with Crippen LogP contribution in [0.15, 0.2) is 46.7 Å². The fraction of sp³-hybridized carbons (Fsp3) is 0.300.